The summed E-state index contributed by atoms with van der Waals surface area (Å²) in [6.07, 6.45) is 1.54. The molecule has 0 atom stereocenters. The third-order valence-electron chi connectivity index (χ3n) is 0.994. The lowest BCUT2D eigenvalue weighted by Gasteiger charge is -1.94. The van der Waals surface area contributed by atoms with Crippen LogP contribution in [0.3, 0.4) is 0 Å². The molecule has 0 spiro atoms. The molecule has 1 aromatic rings. The summed E-state index contributed by atoms with van der Waals surface area (Å²) in [5.41, 5.74) is 0.374. The van der Waals surface area contributed by atoms with Crippen LogP contribution in [-0.2, 0) is 0 Å². The number of anilines is 1. The van der Waals surface area contributed by atoms with Crippen molar-refractivity contribution < 1.29 is 0 Å². The molecule has 1 heterocycles. The summed E-state index contributed by atoms with van der Waals surface area (Å²) in [5.74, 6) is 0.471. The number of rotatable bonds is 1. The van der Waals surface area contributed by atoms with Crippen LogP contribution in [0.4, 0.5) is 5.95 Å². The lowest BCUT2D eigenvalue weighted by atomic mass is 10.4. The van der Waals surface area contributed by atoms with Crippen molar-refractivity contribution in [2.45, 2.75) is 13.8 Å². The van der Waals surface area contributed by atoms with E-state index in [4.69, 9.17) is 5.26 Å². The lowest BCUT2D eigenvalue weighted by Crippen LogP contribution is -1.96. The van der Waals surface area contributed by atoms with E-state index < -0.39 is 0 Å². The smallest absolute Gasteiger partial charge is 0.223 e. The van der Waals surface area contributed by atoms with Gasteiger partial charge >= 0.3 is 0 Å². The van der Waals surface area contributed by atoms with Crippen LogP contribution in [0.25, 0.3) is 0 Å². The van der Waals surface area contributed by atoms with Gasteiger partial charge in [-0.1, -0.05) is 13.8 Å². The fourth-order valence-corrected chi connectivity index (χ4v) is 0.541. The number of aromatic nitrogens is 2. The second-order valence-corrected chi connectivity index (χ2v) is 1.63. The van der Waals surface area contributed by atoms with E-state index in [0.29, 0.717) is 11.6 Å². The van der Waals surface area contributed by atoms with Gasteiger partial charge < -0.3 is 5.32 Å². The Balaban J connectivity index is 0.000000561. The average molecular weight is 164 g/mol. The number of nitrogens with zero attached hydrogens (tertiary/aromatic N) is 3. The predicted octanol–water partition coefficient (Wildman–Crippen LogP) is 1.42. The monoisotopic (exact) mass is 164 g/mol. The summed E-state index contributed by atoms with van der Waals surface area (Å²) in [6, 6.07) is 3.47. The number of hydrogen-bond donors (Lipinski definition) is 1. The maximum Gasteiger partial charge on any atom is 0.223 e. The highest BCUT2D eigenvalue weighted by atomic mass is 15.1. The molecular weight excluding hydrogens is 152 g/mol. The zero-order valence-corrected chi connectivity index (χ0v) is 7.50. The first-order valence-corrected chi connectivity index (χ1v) is 3.77. The van der Waals surface area contributed by atoms with Crippen LogP contribution in [0.1, 0.15) is 19.5 Å². The van der Waals surface area contributed by atoms with Crippen molar-refractivity contribution in [1.82, 2.24) is 9.97 Å². The normalized spacial score (nSPS) is 7.50. The van der Waals surface area contributed by atoms with Gasteiger partial charge in [0.25, 0.3) is 0 Å². The van der Waals surface area contributed by atoms with E-state index in [-0.39, 0.29) is 0 Å². The fraction of sp³-hybridized carbons (Fsp3) is 0.375. The molecule has 0 saturated carbocycles. The van der Waals surface area contributed by atoms with Gasteiger partial charge in [0.05, 0.1) is 0 Å². The Labute approximate surface area is 72.3 Å². The van der Waals surface area contributed by atoms with E-state index in [0.717, 1.165) is 0 Å². The van der Waals surface area contributed by atoms with Crippen molar-refractivity contribution in [3.63, 3.8) is 0 Å². The quantitative estimate of drug-likeness (QED) is 0.681. The van der Waals surface area contributed by atoms with Crippen molar-refractivity contribution in [3.05, 3.63) is 18.0 Å². The first-order valence-electron chi connectivity index (χ1n) is 3.77. The summed E-state index contributed by atoms with van der Waals surface area (Å²) in [7, 11) is 1.70. The van der Waals surface area contributed by atoms with Gasteiger partial charge in [0.15, 0.2) is 0 Å². The van der Waals surface area contributed by atoms with E-state index in [9.17, 15) is 0 Å². The molecule has 0 aliphatic rings. The van der Waals surface area contributed by atoms with Crippen LogP contribution in [-0.4, -0.2) is 17.0 Å². The molecule has 0 aliphatic heterocycles. The third-order valence-corrected chi connectivity index (χ3v) is 0.994. The molecule has 1 rings (SSSR count). The molecule has 0 saturated heterocycles. The highest BCUT2D eigenvalue weighted by Crippen LogP contribution is 1.96. The molecular formula is C8H12N4. The Morgan fingerprint density at radius 2 is 2.17 bits per heavy atom. The minimum Gasteiger partial charge on any atom is -0.357 e. The van der Waals surface area contributed by atoms with E-state index in [2.05, 4.69) is 15.3 Å². The summed E-state index contributed by atoms with van der Waals surface area (Å²) >= 11 is 0. The number of nitriles is 1. The molecule has 1 aromatic heterocycles. The second-order valence-electron chi connectivity index (χ2n) is 1.63. The van der Waals surface area contributed by atoms with Crippen molar-refractivity contribution in [1.29, 1.82) is 5.26 Å². The molecule has 0 aliphatic carbocycles. The van der Waals surface area contributed by atoms with E-state index >= 15 is 0 Å². The lowest BCUT2D eigenvalue weighted by molar-refractivity contribution is 1.13. The molecule has 0 aromatic carbocycles. The number of hydrogen-bond acceptors (Lipinski definition) is 4. The van der Waals surface area contributed by atoms with Gasteiger partial charge in [-0.15, -0.1) is 0 Å². The van der Waals surface area contributed by atoms with Crippen LogP contribution in [0.5, 0.6) is 0 Å². The first-order chi connectivity index (χ1) is 5.86. The van der Waals surface area contributed by atoms with Crippen LogP contribution in [0.15, 0.2) is 12.3 Å². The first kappa shape index (κ1) is 10.4. The molecule has 0 amide bonds. The molecule has 0 fully saturated rings. The standard InChI is InChI=1S/C6H6N4.C2H6/c1-8-6-9-3-2-5(4-7)10-6;1-2/h2-3H,1H3,(H,8,9,10);1-2H3. The van der Waals surface area contributed by atoms with Gasteiger partial charge in [-0.3, -0.25) is 0 Å². The van der Waals surface area contributed by atoms with Gasteiger partial charge in [-0.25, -0.2) is 9.97 Å². The highest BCUT2D eigenvalue weighted by molar-refractivity contribution is 5.28. The molecule has 4 heteroatoms. The maximum absolute atomic E-state index is 8.39. The highest BCUT2D eigenvalue weighted by Gasteiger charge is 1.92. The molecule has 0 bridgehead atoms. The van der Waals surface area contributed by atoms with E-state index in [1.165, 1.54) is 6.20 Å². The van der Waals surface area contributed by atoms with Gasteiger partial charge in [-0.05, 0) is 6.07 Å². The minimum absolute atomic E-state index is 0.374. The fourth-order valence-electron chi connectivity index (χ4n) is 0.541. The second kappa shape index (κ2) is 6.10. The average Bonchev–Trinajstić information content (AvgIpc) is 2.21. The van der Waals surface area contributed by atoms with Gasteiger partial charge in [0.2, 0.25) is 5.95 Å². The van der Waals surface area contributed by atoms with Crippen molar-refractivity contribution in [2.24, 2.45) is 0 Å². The van der Waals surface area contributed by atoms with Crippen molar-refractivity contribution >= 4 is 5.95 Å². The molecule has 0 radical (unpaired) electrons. The van der Waals surface area contributed by atoms with Crippen LogP contribution in [0.2, 0.25) is 0 Å². The summed E-state index contributed by atoms with van der Waals surface area (Å²) in [6.45, 7) is 4.00. The molecule has 0 unspecified atom stereocenters. The zero-order chi connectivity index (χ0) is 9.40. The Morgan fingerprint density at radius 1 is 1.50 bits per heavy atom. The Bertz CT molecular complexity index is 264. The topological polar surface area (TPSA) is 61.6 Å². The van der Waals surface area contributed by atoms with Crippen LogP contribution in [0, 0.1) is 11.3 Å². The van der Waals surface area contributed by atoms with Crippen LogP contribution < -0.4 is 5.32 Å². The zero-order valence-electron chi connectivity index (χ0n) is 7.50. The molecule has 64 valence electrons. The van der Waals surface area contributed by atoms with E-state index in [1.807, 2.05) is 19.9 Å². The van der Waals surface area contributed by atoms with Crippen LogP contribution >= 0.6 is 0 Å². The maximum atomic E-state index is 8.39. The van der Waals surface area contributed by atoms with Gasteiger partial charge in [0, 0.05) is 13.2 Å². The Morgan fingerprint density at radius 3 is 2.67 bits per heavy atom. The minimum atomic E-state index is 0.374. The predicted molar refractivity (Wildman–Crippen MR) is 47.6 cm³/mol. The van der Waals surface area contributed by atoms with E-state index in [1.54, 1.807) is 13.1 Å². The SMILES string of the molecule is CC.CNc1nccc(C#N)n1. The van der Waals surface area contributed by atoms with Gasteiger partial charge in [0.1, 0.15) is 11.8 Å². The Hall–Kier alpha value is -1.63. The van der Waals surface area contributed by atoms with Crippen molar-refractivity contribution in [2.75, 3.05) is 12.4 Å². The molecule has 4 nitrogen and oxygen atoms in total. The molecule has 1 N–H and O–H groups in total. The third kappa shape index (κ3) is 2.97. The number of nitrogens with one attached hydrogen (secondary N) is 1. The summed E-state index contributed by atoms with van der Waals surface area (Å²) in [4.78, 5) is 7.66. The molecule has 12 heavy (non-hydrogen) atoms. The van der Waals surface area contributed by atoms with Crippen molar-refractivity contribution in [3.8, 4) is 6.07 Å². The van der Waals surface area contributed by atoms with Gasteiger partial charge in [-0.2, -0.15) is 5.26 Å². The summed E-state index contributed by atoms with van der Waals surface area (Å²) < 4.78 is 0. The summed E-state index contributed by atoms with van der Waals surface area (Å²) in [5, 5.41) is 11.1. The largest absolute Gasteiger partial charge is 0.357 e. The Kier molecular flexibility index (Phi) is 5.28.